The first-order valence-electron chi connectivity index (χ1n) is 9.20. The summed E-state index contributed by atoms with van der Waals surface area (Å²) < 4.78 is 11.2. The van der Waals surface area contributed by atoms with Crippen molar-refractivity contribution in [2.24, 2.45) is 0 Å². The quantitative estimate of drug-likeness (QED) is 0.564. The number of aromatic nitrogens is 4. The summed E-state index contributed by atoms with van der Waals surface area (Å²) >= 11 is 1.44. The van der Waals surface area contributed by atoms with E-state index in [1.165, 1.54) is 36.6 Å². The van der Waals surface area contributed by atoms with Gasteiger partial charge in [-0.05, 0) is 24.8 Å². The minimum absolute atomic E-state index is 0.423. The van der Waals surface area contributed by atoms with Gasteiger partial charge in [-0.3, -0.25) is 0 Å². The number of rotatable bonds is 6. The fourth-order valence-electron chi connectivity index (χ4n) is 3.24. The molecule has 136 valence electrons. The monoisotopic (exact) mass is 370 g/mol. The largest absolute Gasteiger partial charge is 0.416 e. The molecule has 0 aliphatic heterocycles. The molecule has 1 fully saturated rings. The van der Waals surface area contributed by atoms with Gasteiger partial charge in [0, 0.05) is 11.5 Å². The highest BCUT2D eigenvalue weighted by Crippen LogP contribution is 2.33. The van der Waals surface area contributed by atoms with E-state index in [1.54, 1.807) is 0 Å². The van der Waals surface area contributed by atoms with Crippen molar-refractivity contribution >= 4 is 11.8 Å². The number of hydrogen-bond acceptors (Lipinski definition) is 7. The molecule has 0 amide bonds. The first-order chi connectivity index (χ1) is 12.8. The van der Waals surface area contributed by atoms with Crippen LogP contribution in [-0.2, 0) is 12.2 Å². The summed E-state index contributed by atoms with van der Waals surface area (Å²) in [6.45, 7) is 2.13. The van der Waals surface area contributed by atoms with Gasteiger partial charge in [0.1, 0.15) is 0 Å². The molecular weight excluding hydrogens is 348 g/mol. The van der Waals surface area contributed by atoms with Gasteiger partial charge in [0.2, 0.25) is 17.6 Å². The third-order valence-electron chi connectivity index (χ3n) is 4.78. The molecule has 6 nitrogen and oxygen atoms in total. The molecule has 2 aromatic heterocycles. The number of hydrogen-bond donors (Lipinski definition) is 0. The minimum Gasteiger partial charge on any atom is -0.416 e. The third kappa shape index (κ3) is 3.98. The van der Waals surface area contributed by atoms with Gasteiger partial charge in [-0.15, -0.1) is 10.2 Å². The van der Waals surface area contributed by atoms with Crippen LogP contribution in [0.15, 0.2) is 38.4 Å². The maximum Gasteiger partial charge on any atom is 0.277 e. The van der Waals surface area contributed by atoms with Crippen molar-refractivity contribution in [3.05, 3.63) is 41.6 Å². The summed E-state index contributed by atoms with van der Waals surface area (Å²) in [5.41, 5.74) is 2.25. The average molecular weight is 370 g/mol. The van der Waals surface area contributed by atoms with Gasteiger partial charge >= 0.3 is 0 Å². The summed E-state index contributed by atoms with van der Waals surface area (Å²) in [6.07, 6.45) is 7.12. The molecule has 1 saturated carbocycles. The normalized spacial score (nSPS) is 15.4. The molecule has 3 aromatic rings. The Balaban J connectivity index is 1.36. The average Bonchev–Trinajstić information content (AvgIpc) is 3.37. The molecular formula is C19H22N4O2S. The summed E-state index contributed by atoms with van der Waals surface area (Å²) in [5.74, 6) is 2.88. The Morgan fingerprint density at radius 3 is 2.65 bits per heavy atom. The lowest BCUT2D eigenvalue weighted by Crippen LogP contribution is -2.04. The van der Waals surface area contributed by atoms with Gasteiger partial charge in [0.25, 0.3) is 5.22 Å². The lowest BCUT2D eigenvalue weighted by atomic mass is 9.89. The first kappa shape index (κ1) is 17.3. The van der Waals surface area contributed by atoms with E-state index in [9.17, 15) is 0 Å². The highest BCUT2D eigenvalue weighted by atomic mass is 32.2. The zero-order valence-electron chi connectivity index (χ0n) is 14.9. The van der Waals surface area contributed by atoms with Crippen LogP contribution in [0, 0.1) is 0 Å². The highest BCUT2D eigenvalue weighted by molar-refractivity contribution is 7.98. The fourth-order valence-corrected chi connectivity index (χ4v) is 3.84. The number of thioether (sulfide) groups is 1. The second-order valence-electron chi connectivity index (χ2n) is 6.59. The van der Waals surface area contributed by atoms with Gasteiger partial charge in [-0.25, -0.2) is 0 Å². The molecule has 0 N–H and O–H groups in total. The van der Waals surface area contributed by atoms with Gasteiger partial charge in [-0.1, -0.05) is 67.4 Å². The van der Waals surface area contributed by atoms with Crippen LogP contribution < -0.4 is 0 Å². The van der Waals surface area contributed by atoms with Crippen LogP contribution in [0.5, 0.6) is 0 Å². The van der Waals surface area contributed by atoms with E-state index in [0.717, 1.165) is 30.7 Å². The van der Waals surface area contributed by atoms with E-state index in [1.807, 2.05) is 12.1 Å². The van der Waals surface area contributed by atoms with E-state index in [-0.39, 0.29) is 0 Å². The molecule has 1 aliphatic rings. The Kier molecular flexibility index (Phi) is 5.34. The minimum atomic E-state index is 0.423. The standard InChI is InChI=1S/C19H22N4O2S/c1-2-13-8-10-14(11-9-13)17-20-16(25-23-17)12-26-19-22-21-18(24-19)15-6-4-3-5-7-15/h8-11,15H,2-7,12H2,1H3. The molecule has 0 unspecified atom stereocenters. The summed E-state index contributed by atoms with van der Waals surface area (Å²) in [5, 5.41) is 13.0. The van der Waals surface area contributed by atoms with Crippen LogP contribution in [0.4, 0.5) is 0 Å². The van der Waals surface area contributed by atoms with E-state index in [0.29, 0.717) is 28.6 Å². The van der Waals surface area contributed by atoms with Crippen molar-refractivity contribution in [3.8, 4) is 11.4 Å². The van der Waals surface area contributed by atoms with Gasteiger partial charge in [0.15, 0.2) is 0 Å². The van der Waals surface area contributed by atoms with Crippen LogP contribution in [0.25, 0.3) is 11.4 Å². The Labute approximate surface area is 156 Å². The Morgan fingerprint density at radius 2 is 1.88 bits per heavy atom. The second-order valence-corrected chi connectivity index (χ2v) is 7.52. The zero-order valence-corrected chi connectivity index (χ0v) is 15.7. The predicted octanol–water partition coefficient (Wildman–Crippen LogP) is 5.02. The second kappa shape index (κ2) is 8.03. The van der Waals surface area contributed by atoms with E-state index >= 15 is 0 Å². The molecule has 1 aliphatic carbocycles. The maximum atomic E-state index is 5.81. The maximum absolute atomic E-state index is 5.81. The highest BCUT2D eigenvalue weighted by Gasteiger charge is 2.21. The molecule has 2 heterocycles. The topological polar surface area (TPSA) is 77.8 Å². The Bertz CT molecular complexity index is 837. The van der Waals surface area contributed by atoms with Crippen molar-refractivity contribution in [1.29, 1.82) is 0 Å². The van der Waals surface area contributed by atoms with Crippen LogP contribution in [0.2, 0.25) is 0 Å². The third-order valence-corrected chi connectivity index (χ3v) is 5.59. The van der Waals surface area contributed by atoms with Crippen LogP contribution in [0.3, 0.4) is 0 Å². The summed E-state index contributed by atoms with van der Waals surface area (Å²) in [7, 11) is 0. The molecule has 4 rings (SSSR count). The SMILES string of the molecule is CCc1ccc(-c2noc(CSc3nnc(C4CCCCC4)o3)n2)cc1. The van der Waals surface area contributed by atoms with E-state index < -0.39 is 0 Å². The molecule has 0 bridgehead atoms. The zero-order chi connectivity index (χ0) is 17.8. The van der Waals surface area contributed by atoms with Crippen molar-refractivity contribution in [1.82, 2.24) is 20.3 Å². The summed E-state index contributed by atoms with van der Waals surface area (Å²) in [6, 6.07) is 8.22. The Morgan fingerprint density at radius 1 is 1.08 bits per heavy atom. The van der Waals surface area contributed by atoms with Gasteiger partial charge in [0.05, 0.1) is 5.75 Å². The lowest BCUT2D eigenvalue weighted by molar-refractivity contribution is 0.334. The van der Waals surface area contributed by atoms with Crippen molar-refractivity contribution in [2.45, 2.75) is 62.3 Å². The molecule has 1 aromatic carbocycles. The van der Waals surface area contributed by atoms with Crippen LogP contribution >= 0.6 is 11.8 Å². The molecule has 0 atom stereocenters. The van der Waals surface area contributed by atoms with Crippen LogP contribution in [-0.4, -0.2) is 20.3 Å². The van der Waals surface area contributed by atoms with Gasteiger partial charge < -0.3 is 8.94 Å². The number of aryl methyl sites for hydroxylation is 1. The molecule has 0 saturated heterocycles. The predicted molar refractivity (Wildman–Crippen MR) is 98.8 cm³/mol. The van der Waals surface area contributed by atoms with Crippen molar-refractivity contribution in [3.63, 3.8) is 0 Å². The number of benzene rings is 1. The van der Waals surface area contributed by atoms with Crippen molar-refractivity contribution in [2.75, 3.05) is 0 Å². The van der Waals surface area contributed by atoms with Crippen LogP contribution in [0.1, 0.15) is 62.3 Å². The Hall–Kier alpha value is -2.15. The fraction of sp³-hybridized carbons (Fsp3) is 0.474. The lowest BCUT2D eigenvalue weighted by Gasteiger charge is -2.17. The molecule has 0 spiro atoms. The molecule has 26 heavy (non-hydrogen) atoms. The van der Waals surface area contributed by atoms with Crippen molar-refractivity contribution < 1.29 is 8.94 Å². The van der Waals surface area contributed by atoms with E-state index in [2.05, 4.69) is 39.4 Å². The number of nitrogens with zero attached hydrogens (tertiary/aromatic N) is 4. The molecule has 7 heteroatoms. The van der Waals surface area contributed by atoms with E-state index in [4.69, 9.17) is 8.94 Å². The van der Waals surface area contributed by atoms with Gasteiger partial charge in [-0.2, -0.15) is 4.98 Å². The first-order valence-corrected chi connectivity index (χ1v) is 10.2. The summed E-state index contributed by atoms with van der Waals surface area (Å²) in [4.78, 5) is 4.46. The smallest absolute Gasteiger partial charge is 0.277 e. The molecule has 0 radical (unpaired) electrons.